The molecule has 0 aromatic carbocycles. The Balaban J connectivity index is 2.58. The van der Waals surface area contributed by atoms with Gasteiger partial charge in [-0.05, 0) is 18.4 Å². The summed E-state index contributed by atoms with van der Waals surface area (Å²) in [6.45, 7) is 3.71. The van der Waals surface area contributed by atoms with Crippen molar-refractivity contribution in [2.24, 2.45) is 0 Å². The average Bonchev–Trinajstić information content (AvgIpc) is 2.50. The first-order valence-corrected chi connectivity index (χ1v) is 6.75. The van der Waals surface area contributed by atoms with Gasteiger partial charge >= 0.3 is 12.0 Å². The maximum absolute atomic E-state index is 11.8. The Hall–Kier alpha value is -2.31. The molecule has 3 N–H and O–H groups in total. The van der Waals surface area contributed by atoms with E-state index in [0.29, 0.717) is 18.7 Å². The fourth-order valence-electron chi connectivity index (χ4n) is 1.86. The molecule has 0 aliphatic carbocycles. The quantitative estimate of drug-likeness (QED) is 0.708. The minimum Gasteiger partial charge on any atom is -0.481 e. The van der Waals surface area contributed by atoms with Crippen LogP contribution in [0.4, 0.5) is 4.79 Å². The Bertz CT molecular complexity index is 483. The second-order valence-corrected chi connectivity index (χ2v) is 4.61. The molecule has 0 aliphatic rings. The number of aliphatic carboxylic acids is 1. The smallest absolute Gasteiger partial charge is 0.329 e. The fourth-order valence-corrected chi connectivity index (χ4v) is 1.86. The van der Waals surface area contributed by atoms with Gasteiger partial charge in [0.05, 0.1) is 7.11 Å². The van der Waals surface area contributed by atoms with Crippen molar-refractivity contribution >= 4 is 12.0 Å². The SMILES string of the molecule is CCC(CC)(NC(=O)NCc1ccc(OC)nc1)C(=O)O. The van der Waals surface area contributed by atoms with Gasteiger partial charge < -0.3 is 20.5 Å². The van der Waals surface area contributed by atoms with Gasteiger partial charge in [0.2, 0.25) is 5.88 Å². The molecule has 0 unspecified atom stereocenters. The molecule has 2 amide bonds. The Morgan fingerprint density at radius 3 is 2.43 bits per heavy atom. The van der Waals surface area contributed by atoms with Crippen LogP contribution in [0.2, 0.25) is 0 Å². The predicted octanol–water partition coefficient (Wildman–Crippen LogP) is 1.53. The number of methoxy groups -OCH3 is 1. The first kappa shape index (κ1) is 16.7. The standard InChI is InChI=1S/C14H21N3O4/c1-4-14(5-2,12(18)19)17-13(20)16-9-10-6-7-11(21-3)15-8-10/h6-8H,4-5,9H2,1-3H3,(H,18,19)(H2,16,17,20). The van der Waals surface area contributed by atoms with Gasteiger partial charge in [-0.2, -0.15) is 0 Å². The molecular weight excluding hydrogens is 274 g/mol. The summed E-state index contributed by atoms with van der Waals surface area (Å²) in [5.41, 5.74) is -0.442. The summed E-state index contributed by atoms with van der Waals surface area (Å²) in [5, 5.41) is 14.4. The molecule has 1 aromatic heterocycles. The van der Waals surface area contributed by atoms with Gasteiger partial charge in [-0.3, -0.25) is 0 Å². The number of hydrogen-bond donors (Lipinski definition) is 3. The number of nitrogens with zero attached hydrogens (tertiary/aromatic N) is 1. The lowest BCUT2D eigenvalue weighted by atomic mass is 9.93. The van der Waals surface area contributed by atoms with Crippen molar-refractivity contribution in [3.63, 3.8) is 0 Å². The Morgan fingerprint density at radius 2 is 2.00 bits per heavy atom. The van der Waals surface area contributed by atoms with Crippen molar-refractivity contribution in [2.45, 2.75) is 38.8 Å². The van der Waals surface area contributed by atoms with Crippen molar-refractivity contribution in [1.82, 2.24) is 15.6 Å². The number of hydrogen-bond acceptors (Lipinski definition) is 4. The second-order valence-electron chi connectivity index (χ2n) is 4.61. The third-order valence-electron chi connectivity index (χ3n) is 3.43. The normalized spacial score (nSPS) is 10.8. The summed E-state index contributed by atoms with van der Waals surface area (Å²) >= 11 is 0. The summed E-state index contributed by atoms with van der Waals surface area (Å²) in [4.78, 5) is 27.2. The van der Waals surface area contributed by atoms with E-state index < -0.39 is 17.5 Å². The van der Waals surface area contributed by atoms with E-state index in [1.165, 1.54) is 7.11 Å². The highest BCUT2D eigenvalue weighted by Gasteiger charge is 2.36. The molecular formula is C14H21N3O4. The van der Waals surface area contributed by atoms with Crippen molar-refractivity contribution in [2.75, 3.05) is 7.11 Å². The van der Waals surface area contributed by atoms with E-state index in [9.17, 15) is 14.7 Å². The van der Waals surface area contributed by atoms with Gasteiger partial charge in [0.25, 0.3) is 0 Å². The van der Waals surface area contributed by atoms with Crippen molar-refractivity contribution in [3.05, 3.63) is 23.9 Å². The van der Waals surface area contributed by atoms with Crippen LogP contribution >= 0.6 is 0 Å². The van der Waals surface area contributed by atoms with Crippen molar-refractivity contribution in [1.29, 1.82) is 0 Å². The molecule has 116 valence electrons. The van der Waals surface area contributed by atoms with Crippen molar-refractivity contribution in [3.8, 4) is 5.88 Å². The molecule has 0 radical (unpaired) electrons. The summed E-state index contributed by atoms with van der Waals surface area (Å²) in [7, 11) is 1.52. The second kappa shape index (κ2) is 7.47. The summed E-state index contributed by atoms with van der Waals surface area (Å²) < 4.78 is 4.94. The van der Waals surface area contributed by atoms with E-state index in [4.69, 9.17) is 4.74 Å². The fraction of sp³-hybridized carbons (Fsp3) is 0.500. The van der Waals surface area contributed by atoms with Crippen molar-refractivity contribution < 1.29 is 19.4 Å². The van der Waals surface area contributed by atoms with Crippen LogP contribution < -0.4 is 15.4 Å². The molecule has 21 heavy (non-hydrogen) atoms. The zero-order valence-electron chi connectivity index (χ0n) is 12.5. The lowest BCUT2D eigenvalue weighted by molar-refractivity contribution is -0.144. The number of amides is 2. The number of nitrogens with one attached hydrogen (secondary N) is 2. The van der Waals surface area contributed by atoms with Crippen LogP contribution in [0, 0.1) is 0 Å². The summed E-state index contributed by atoms with van der Waals surface area (Å²) in [5.74, 6) is -0.543. The highest BCUT2D eigenvalue weighted by atomic mass is 16.5. The maximum Gasteiger partial charge on any atom is 0.329 e. The number of rotatable bonds is 7. The number of carboxylic acids is 1. The Kier molecular flexibility index (Phi) is 5.95. The monoisotopic (exact) mass is 295 g/mol. The van der Waals surface area contributed by atoms with Gasteiger partial charge in [-0.15, -0.1) is 0 Å². The van der Waals surface area contributed by atoms with E-state index >= 15 is 0 Å². The van der Waals surface area contributed by atoms with Crippen LogP contribution in [0.3, 0.4) is 0 Å². The molecule has 0 saturated carbocycles. The van der Waals surface area contributed by atoms with Gasteiger partial charge in [0.15, 0.2) is 0 Å². The number of carboxylic acid groups (broad SMARTS) is 1. The lowest BCUT2D eigenvalue weighted by Gasteiger charge is -2.28. The van der Waals surface area contributed by atoms with Gasteiger partial charge in [-0.1, -0.05) is 19.9 Å². The first-order valence-electron chi connectivity index (χ1n) is 6.75. The number of aromatic nitrogens is 1. The summed E-state index contributed by atoms with van der Waals surface area (Å²) in [6.07, 6.45) is 2.22. The molecule has 0 saturated heterocycles. The highest BCUT2D eigenvalue weighted by molar-refractivity contribution is 5.86. The number of urea groups is 1. The summed E-state index contributed by atoms with van der Waals surface area (Å²) in [6, 6.07) is 2.95. The zero-order chi connectivity index (χ0) is 15.9. The predicted molar refractivity (Wildman–Crippen MR) is 77.1 cm³/mol. The minimum absolute atomic E-state index is 0.256. The van der Waals surface area contributed by atoms with Crippen LogP contribution in [0.25, 0.3) is 0 Å². The Morgan fingerprint density at radius 1 is 1.33 bits per heavy atom. The van der Waals surface area contributed by atoms with E-state index in [2.05, 4.69) is 15.6 Å². The Labute approximate surface area is 123 Å². The lowest BCUT2D eigenvalue weighted by Crippen LogP contribution is -2.56. The molecule has 1 rings (SSSR count). The van der Waals surface area contributed by atoms with Crippen LogP contribution in [0.15, 0.2) is 18.3 Å². The third-order valence-corrected chi connectivity index (χ3v) is 3.43. The molecule has 0 bridgehead atoms. The van der Waals surface area contributed by atoms with E-state index in [1.807, 2.05) is 0 Å². The topological polar surface area (TPSA) is 101 Å². The van der Waals surface area contributed by atoms with Crippen LogP contribution in [-0.2, 0) is 11.3 Å². The first-order chi connectivity index (χ1) is 9.97. The molecule has 1 heterocycles. The van der Waals surface area contributed by atoms with E-state index in [0.717, 1.165) is 5.56 Å². The molecule has 0 aliphatic heterocycles. The molecule has 7 heteroatoms. The molecule has 7 nitrogen and oxygen atoms in total. The van der Waals surface area contributed by atoms with Crippen LogP contribution in [0.1, 0.15) is 32.3 Å². The highest BCUT2D eigenvalue weighted by Crippen LogP contribution is 2.15. The van der Waals surface area contributed by atoms with E-state index in [-0.39, 0.29) is 6.54 Å². The largest absolute Gasteiger partial charge is 0.481 e. The van der Waals surface area contributed by atoms with E-state index in [1.54, 1.807) is 32.2 Å². The van der Waals surface area contributed by atoms with Gasteiger partial charge in [0.1, 0.15) is 5.54 Å². The number of ether oxygens (including phenoxy) is 1. The molecule has 0 fully saturated rings. The molecule has 1 aromatic rings. The van der Waals surface area contributed by atoms with Crippen LogP contribution in [0.5, 0.6) is 5.88 Å². The zero-order valence-corrected chi connectivity index (χ0v) is 12.5. The van der Waals surface area contributed by atoms with Crippen LogP contribution in [-0.4, -0.2) is 34.7 Å². The number of carbonyl (C=O) groups is 2. The number of carbonyl (C=O) groups excluding carboxylic acids is 1. The average molecular weight is 295 g/mol. The minimum atomic E-state index is -1.23. The molecule has 0 atom stereocenters. The maximum atomic E-state index is 11.8. The molecule has 0 spiro atoms. The van der Waals surface area contributed by atoms with Gasteiger partial charge in [0, 0.05) is 18.8 Å². The third kappa shape index (κ3) is 4.34. The van der Waals surface area contributed by atoms with Gasteiger partial charge in [-0.25, -0.2) is 14.6 Å². The number of pyridine rings is 1.